The fourth-order valence-corrected chi connectivity index (χ4v) is 0.866. The van der Waals surface area contributed by atoms with Crippen LogP contribution in [0.5, 0.6) is 0 Å². The van der Waals surface area contributed by atoms with E-state index in [2.05, 4.69) is 13.8 Å². The average molecular weight is 116 g/mol. The second-order valence-electron chi connectivity index (χ2n) is 2.03. The van der Waals surface area contributed by atoms with E-state index in [0.717, 1.165) is 5.92 Å². The number of rotatable bonds is 3. The summed E-state index contributed by atoms with van der Waals surface area (Å²) in [6.07, 6.45) is 0. The third-order valence-electron chi connectivity index (χ3n) is 0.734. The summed E-state index contributed by atoms with van der Waals surface area (Å²) in [4.78, 5) is 0. The molecule has 0 aromatic carbocycles. The van der Waals surface area contributed by atoms with E-state index < -0.39 is 0 Å². The van der Waals surface area contributed by atoms with Gasteiger partial charge in [0.15, 0.2) is 0 Å². The molecule has 0 spiro atoms. The first-order valence-corrected chi connectivity index (χ1v) is 3.90. The fourth-order valence-electron chi connectivity index (χ4n) is 0.289. The van der Waals surface area contributed by atoms with Crippen LogP contribution in [-0.4, -0.2) is 22.7 Å². The van der Waals surface area contributed by atoms with Crippen molar-refractivity contribution in [3.63, 3.8) is 0 Å². The van der Waals surface area contributed by atoms with Crippen LogP contribution < -0.4 is 0 Å². The Morgan fingerprint density at radius 2 is 2.29 bits per heavy atom. The molecule has 0 unspecified atom stereocenters. The Balaban J connectivity index is 0. The first kappa shape index (κ1) is 7.49. The summed E-state index contributed by atoms with van der Waals surface area (Å²) in [5, 5.41) is 1.26. The zero-order valence-corrected chi connectivity index (χ0v) is 6.42. The van der Waals surface area contributed by atoms with Crippen LogP contribution in [-0.2, 0) is 3.79 Å². The van der Waals surface area contributed by atoms with Crippen molar-refractivity contribution in [2.75, 3.05) is 7.11 Å². The average Bonchev–Trinajstić information content (AvgIpc) is 1.61. The molecule has 0 bridgehead atoms. The SMILES string of the molecule is C[O][Al+][CH2]C(C)C.[H-]. The minimum atomic E-state index is 0. The maximum atomic E-state index is 4.94. The van der Waals surface area contributed by atoms with Crippen LogP contribution in [0.25, 0.3) is 0 Å². The predicted molar refractivity (Wildman–Crippen MR) is 33.5 cm³/mol. The minimum absolute atomic E-state index is 0. The summed E-state index contributed by atoms with van der Waals surface area (Å²) in [5.41, 5.74) is 0. The van der Waals surface area contributed by atoms with Gasteiger partial charge in [0.2, 0.25) is 0 Å². The van der Waals surface area contributed by atoms with Crippen LogP contribution >= 0.6 is 0 Å². The summed E-state index contributed by atoms with van der Waals surface area (Å²) in [5.74, 6) is 0.815. The molecule has 0 fully saturated rings. The van der Waals surface area contributed by atoms with Crippen molar-refractivity contribution < 1.29 is 5.22 Å². The molecule has 1 nitrogen and oxygen atoms in total. The van der Waals surface area contributed by atoms with Crippen LogP contribution in [0.2, 0.25) is 5.28 Å². The second kappa shape index (κ2) is 4.65. The topological polar surface area (TPSA) is 9.23 Å². The Morgan fingerprint density at radius 1 is 1.71 bits per heavy atom. The maximum absolute atomic E-state index is 4.94. The van der Waals surface area contributed by atoms with Gasteiger partial charge in [0.1, 0.15) is 0 Å². The van der Waals surface area contributed by atoms with Gasteiger partial charge in [0.05, 0.1) is 0 Å². The van der Waals surface area contributed by atoms with E-state index in [1.807, 2.05) is 0 Å². The number of hydrogen-bond acceptors (Lipinski definition) is 1. The van der Waals surface area contributed by atoms with Gasteiger partial charge < -0.3 is 1.43 Å². The van der Waals surface area contributed by atoms with Crippen LogP contribution in [0.4, 0.5) is 0 Å². The van der Waals surface area contributed by atoms with Crippen molar-refractivity contribution in [3.8, 4) is 0 Å². The summed E-state index contributed by atoms with van der Waals surface area (Å²) >= 11 is 0.285. The molecule has 0 rings (SSSR count). The van der Waals surface area contributed by atoms with Crippen LogP contribution in [0, 0.1) is 5.92 Å². The molecule has 0 heterocycles. The molecule has 7 heavy (non-hydrogen) atoms. The maximum Gasteiger partial charge on any atom is -1.00 e. The van der Waals surface area contributed by atoms with Crippen LogP contribution in [0.3, 0.4) is 0 Å². The van der Waals surface area contributed by atoms with Crippen molar-refractivity contribution in [2.45, 2.75) is 19.1 Å². The third-order valence-corrected chi connectivity index (χ3v) is 2.20. The van der Waals surface area contributed by atoms with Gasteiger partial charge in [-0.15, -0.1) is 0 Å². The van der Waals surface area contributed by atoms with Crippen molar-refractivity contribution >= 4 is 15.6 Å². The largest absolute Gasteiger partial charge is 1.00 e. The van der Waals surface area contributed by atoms with Crippen LogP contribution in [0.15, 0.2) is 0 Å². The smallest absolute Gasteiger partial charge is 1.00 e. The van der Waals surface area contributed by atoms with Gasteiger partial charge >= 0.3 is 51.5 Å². The summed E-state index contributed by atoms with van der Waals surface area (Å²) in [6, 6.07) is 0. The molecule has 0 aliphatic carbocycles. The van der Waals surface area contributed by atoms with Crippen LogP contribution in [0.1, 0.15) is 15.3 Å². The van der Waals surface area contributed by atoms with E-state index in [-0.39, 0.29) is 17.0 Å². The molecular formula is C5H13AlO. The molecule has 0 amide bonds. The Labute approximate surface area is 53.6 Å². The Hall–Kier alpha value is 0.492. The van der Waals surface area contributed by atoms with Crippen molar-refractivity contribution in [3.05, 3.63) is 0 Å². The predicted octanol–water partition coefficient (Wildman–Crippen LogP) is 1.44. The molecule has 0 N–H and O–H groups in total. The van der Waals surface area contributed by atoms with Gasteiger partial charge in [-0.3, -0.25) is 0 Å². The van der Waals surface area contributed by atoms with Gasteiger partial charge in [-0.2, -0.15) is 0 Å². The molecular weight excluding hydrogens is 103 g/mol. The van der Waals surface area contributed by atoms with Crippen molar-refractivity contribution in [1.29, 1.82) is 0 Å². The van der Waals surface area contributed by atoms with Gasteiger partial charge in [-0.1, -0.05) is 0 Å². The Kier molecular flexibility index (Phi) is 4.97. The summed E-state index contributed by atoms with van der Waals surface area (Å²) in [7, 11) is 1.78. The molecule has 2 heteroatoms. The van der Waals surface area contributed by atoms with Crippen molar-refractivity contribution in [1.82, 2.24) is 0 Å². The summed E-state index contributed by atoms with van der Waals surface area (Å²) in [6.45, 7) is 4.43. The van der Waals surface area contributed by atoms with Gasteiger partial charge in [0, 0.05) is 0 Å². The quantitative estimate of drug-likeness (QED) is 0.507. The standard InChI is InChI=1S/C4H9.CH3O.Al.H/c1-4(2)3;1-2;;/h4H,1H2,2-3H3;1H3;;/q;-1;+2;-1. The van der Waals surface area contributed by atoms with Crippen molar-refractivity contribution in [2.24, 2.45) is 5.92 Å². The minimum Gasteiger partial charge on any atom is -1.00 e. The molecule has 42 valence electrons. The first-order chi connectivity index (χ1) is 3.27. The molecule has 0 aliphatic heterocycles. The molecule has 0 aromatic rings. The van der Waals surface area contributed by atoms with E-state index in [0.29, 0.717) is 0 Å². The normalized spacial score (nSPS) is 9.14. The molecule has 0 radical (unpaired) electrons. The Bertz CT molecular complexity index is 41.4. The monoisotopic (exact) mass is 116 g/mol. The second-order valence-corrected chi connectivity index (χ2v) is 3.31. The molecule has 0 atom stereocenters. The molecule has 0 aliphatic rings. The van der Waals surface area contributed by atoms with E-state index in [1.54, 1.807) is 7.11 Å². The zero-order valence-electron chi connectivity index (χ0n) is 6.27. The first-order valence-electron chi connectivity index (χ1n) is 2.62. The fraction of sp³-hybridized carbons (Fsp3) is 1.00. The molecule has 0 saturated carbocycles. The van der Waals surface area contributed by atoms with E-state index in [4.69, 9.17) is 3.79 Å². The van der Waals surface area contributed by atoms with E-state index >= 15 is 0 Å². The van der Waals surface area contributed by atoms with Gasteiger partial charge in [-0.25, -0.2) is 0 Å². The zero-order chi connectivity index (χ0) is 5.70. The molecule has 0 aromatic heterocycles. The van der Waals surface area contributed by atoms with Gasteiger partial charge in [-0.05, 0) is 0 Å². The third kappa shape index (κ3) is 6.49. The van der Waals surface area contributed by atoms with Gasteiger partial charge in [0.25, 0.3) is 0 Å². The number of hydrogen-bond donors (Lipinski definition) is 0. The summed E-state index contributed by atoms with van der Waals surface area (Å²) < 4.78 is 4.94. The van der Waals surface area contributed by atoms with E-state index in [9.17, 15) is 0 Å². The molecule has 0 saturated heterocycles. The van der Waals surface area contributed by atoms with E-state index in [1.165, 1.54) is 5.28 Å². The Morgan fingerprint density at radius 3 is 2.43 bits per heavy atom.